The van der Waals surface area contributed by atoms with Crippen LogP contribution in [0.3, 0.4) is 0 Å². The number of ether oxygens (including phenoxy) is 1. The molecule has 1 aromatic rings. The molecule has 0 aromatic heterocycles. The SMILES string of the molecule is CCOC(=O)C(C(C)C)C(O)c1ccc(Br)c(Cl)c1. The Morgan fingerprint density at radius 2 is 2.11 bits per heavy atom. The largest absolute Gasteiger partial charge is 0.466 e. The Morgan fingerprint density at radius 3 is 2.58 bits per heavy atom. The van der Waals surface area contributed by atoms with Gasteiger partial charge in [0.1, 0.15) is 0 Å². The monoisotopic (exact) mass is 348 g/mol. The average Bonchev–Trinajstić information content (AvgIpc) is 2.32. The topological polar surface area (TPSA) is 46.5 Å². The minimum Gasteiger partial charge on any atom is -0.466 e. The Labute approximate surface area is 127 Å². The highest BCUT2D eigenvalue weighted by molar-refractivity contribution is 9.10. The van der Waals surface area contributed by atoms with Crippen LogP contribution in [-0.2, 0) is 9.53 Å². The maximum Gasteiger partial charge on any atom is 0.312 e. The fourth-order valence-electron chi connectivity index (χ4n) is 1.91. The first-order chi connectivity index (χ1) is 8.88. The lowest BCUT2D eigenvalue weighted by atomic mass is 9.86. The lowest BCUT2D eigenvalue weighted by molar-refractivity contribution is -0.154. The quantitative estimate of drug-likeness (QED) is 0.818. The van der Waals surface area contributed by atoms with Crippen LogP contribution in [0.4, 0.5) is 0 Å². The molecular weight excluding hydrogens is 332 g/mol. The van der Waals surface area contributed by atoms with Crippen molar-refractivity contribution in [1.29, 1.82) is 0 Å². The molecule has 19 heavy (non-hydrogen) atoms. The smallest absolute Gasteiger partial charge is 0.312 e. The molecule has 3 nitrogen and oxygen atoms in total. The second-order valence-electron chi connectivity index (χ2n) is 4.64. The number of hydrogen-bond donors (Lipinski definition) is 1. The third-order valence-corrected chi connectivity index (χ3v) is 4.13. The highest BCUT2D eigenvalue weighted by atomic mass is 79.9. The fraction of sp³-hybridized carbons (Fsp3) is 0.500. The maximum atomic E-state index is 11.9. The molecule has 0 aliphatic carbocycles. The van der Waals surface area contributed by atoms with E-state index in [2.05, 4.69) is 15.9 Å². The van der Waals surface area contributed by atoms with Gasteiger partial charge in [-0.1, -0.05) is 31.5 Å². The van der Waals surface area contributed by atoms with Crippen LogP contribution < -0.4 is 0 Å². The molecule has 0 radical (unpaired) electrons. The van der Waals surface area contributed by atoms with Crippen LogP contribution in [0.25, 0.3) is 0 Å². The van der Waals surface area contributed by atoms with Crippen molar-refractivity contribution in [3.05, 3.63) is 33.3 Å². The number of esters is 1. The molecule has 0 spiro atoms. The second kappa shape index (κ2) is 7.27. The Hall–Kier alpha value is -0.580. The molecule has 0 saturated heterocycles. The van der Waals surface area contributed by atoms with Gasteiger partial charge in [0.15, 0.2) is 0 Å². The number of carbonyl (C=O) groups excluding carboxylic acids is 1. The number of halogens is 2. The van der Waals surface area contributed by atoms with Gasteiger partial charge >= 0.3 is 5.97 Å². The molecule has 1 N–H and O–H groups in total. The van der Waals surface area contributed by atoms with E-state index in [0.29, 0.717) is 17.2 Å². The minimum atomic E-state index is -0.926. The van der Waals surface area contributed by atoms with E-state index in [4.69, 9.17) is 16.3 Å². The second-order valence-corrected chi connectivity index (χ2v) is 5.90. The summed E-state index contributed by atoms with van der Waals surface area (Å²) in [6.07, 6.45) is -0.926. The maximum absolute atomic E-state index is 11.9. The molecule has 1 rings (SSSR count). The lowest BCUT2D eigenvalue weighted by Crippen LogP contribution is -2.29. The molecule has 5 heteroatoms. The van der Waals surface area contributed by atoms with Gasteiger partial charge in [0.25, 0.3) is 0 Å². The zero-order valence-corrected chi connectivity index (χ0v) is 13.5. The summed E-state index contributed by atoms with van der Waals surface area (Å²) in [6, 6.07) is 5.16. The van der Waals surface area contributed by atoms with Crippen molar-refractivity contribution in [2.75, 3.05) is 6.61 Å². The van der Waals surface area contributed by atoms with Crippen LogP contribution in [0.5, 0.6) is 0 Å². The van der Waals surface area contributed by atoms with E-state index in [1.807, 2.05) is 13.8 Å². The molecule has 0 amide bonds. The number of aliphatic hydroxyl groups is 1. The van der Waals surface area contributed by atoms with Crippen LogP contribution in [-0.4, -0.2) is 17.7 Å². The van der Waals surface area contributed by atoms with Gasteiger partial charge in [-0.3, -0.25) is 4.79 Å². The van der Waals surface area contributed by atoms with Gasteiger partial charge in [-0.25, -0.2) is 0 Å². The molecule has 2 atom stereocenters. The molecule has 1 aromatic carbocycles. The first kappa shape index (κ1) is 16.5. The highest BCUT2D eigenvalue weighted by Gasteiger charge is 2.32. The number of aliphatic hydroxyl groups excluding tert-OH is 1. The van der Waals surface area contributed by atoms with Gasteiger partial charge in [-0.2, -0.15) is 0 Å². The van der Waals surface area contributed by atoms with Gasteiger partial charge in [0.05, 0.1) is 23.7 Å². The van der Waals surface area contributed by atoms with E-state index in [1.54, 1.807) is 25.1 Å². The zero-order valence-electron chi connectivity index (χ0n) is 11.2. The fourth-order valence-corrected chi connectivity index (χ4v) is 2.34. The lowest BCUT2D eigenvalue weighted by Gasteiger charge is -2.25. The molecule has 106 valence electrons. The summed E-state index contributed by atoms with van der Waals surface area (Å²) >= 11 is 9.30. The Balaban J connectivity index is 3.01. The van der Waals surface area contributed by atoms with Crippen molar-refractivity contribution < 1.29 is 14.6 Å². The Morgan fingerprint density at radius 1 is 1.47 bits per heavy atom. The molecule has 0 bridgehead atoms. The highest BCUT2D eigenvalue weighted by Crippen LogP contribution is 2.32. The van der Waals surface area contributed by atoms with E-state index in [9.17, 15) is 9.90 Å². The van der Waals surface area contributed by atoms with Crippen molar-refractivity contribution >= 4 is 33.5 Å². The number of benzene rings is 1. The van der Waals surface area contributed by atoms with Crippen LogP contribution in [0.15, 0.2) is 22.7 Å². The van der Waals surface area contributed by atoms with E-state index in [1.165, 1.54) is 0 Å². The normalized spacial score (nSPS) is 14.3. The predicted molar refractivity (Wildman–Crippen MR) is 79.1 cm³/mol. The van der Waals surface area contributed by atoms with Crippen molar-refractivity contribution in [3.8, 4) is 0 Å². The number of hydrogen-bond acceptors (Lipinski definition) is 3. The van der Waals surface area contributed by atoms with Crippen molar-refractivity contribution in [2.45, 2.75) is 26.9 Å². The van der Waals surface area contributed by atoms with Crippen LogP contribution in [0, 0.1) is 11.8 Å². The number of rotatable bonds is 5. The predicted octanol–water partition coefficient (Wildman–Crippen LogP) is 3.97. The van der Waals surface area contributed by atoms with Gasteiger partial charge in [-0.15, -0.1) is 0 Å². The summed E-state index contributed by atoms with van der Waals surface area (Å²) in [7, 11) is 0. The van der Waals surface area contributed by atoms with Crippen LogP contribution in [0.2, 0.25) is 5.02 Å². The standard InChI is InChI=1S/C14H18BrClO3/c1-4-19-14(18)12(8(2)3)13(17)9-5-6-10(15)11(16)7-9/h5-8,12-13,17H,4H2,1-3H3. The Bertz CT molecular complexity index is 448. The van der Waals surface area contributed by atoms with Gasteiger partial charge in [0, 0.05) is 4.47 Å². The summed E-state index contributed by atoms with van der Waals surface area (Å²) in [5.74, 6) is -1.02. The van der Waals surface area contributed by atoms with E-state index >= 15 is 0 Å². The first-order valence-corrected chi connectivity index (χ1v) is 7.35. The zero-order chi connectivity index (χ0) is 14.6. The van der Waals surface area contributed by atoms with E-state index in [0.717, 1.165) is 4.47 Å². The molecule has 2 unspecified atom stereocenters. The molecule has 0 aliphatic heterocycles. The summed E-state index contributed by atoms with van der Waals surface area (Å²) < 4.78 is 5.77. The first-order valence-electron chi connectivity index (χ1n) is 6.18. The summed E-state index contributed by atoms with van der Waals surface area (Å²) in [6.45, 7) is 5.81. The van der Waals surface area contributed by atoms with Crippen molar-refractivity contribution in [3.63, 3.8) is 0 Å². The van der Waals surface area contributed by atoms with Crippen LogP contribution in [0.1, 0.15) is 32.4 Å². The summed E-state index contributed by atoms with van der Waals surface area (Å²) in [5.41, 5.74) is 0.611. The van der Waals surface area contributed by atoms with Crippen LogP contribution >= 0.6 is 27.5 Å². The molecule has 0 aliphatic rings. The summed E-state index contributed by atoms with van der Waals surface area (Å²) in [5, 5.41) is 10.9. The van der Waals surface area contributed by atoms with Gasteiger partial charge in [-0.05, 0) is 46.5 Å². The van der Waals surface area contributed by atoms with Gasteiger partial charge < -0.3 is 9.84 Å². The minimum absolute atomic E-state index is 0.0310. The molecule has 0 heterocycles. The third kappa shape index (κ3) is 4.20. The molecule has 0 saturated carbocycles. The number of carbonyl (C=O) groups is 1. The third-order valence-electron chi connectivity index (χ3n) is 2.90. The average molecular weight is 350 g/mol. The van der Waals surface area contributed by atoms with E-state index < -0.39 is 12.0 Å². The molecule has 0 fully saturated rings. The molecular formula is C14H18BrClO3. The van der Waals surface area contributed by atoms with Crippen molar-refractivity contribution in [2.24, 2.45) is 11.8 Å². The Kier molecular flexibility index (Phi) is 6.30. The van der Waals surface area contributed by atoms with Gasteiger partial charge in [0.2, 0.25) is 0 Å². The van der Waals surface area contributed by atoms with E-state index in [-0.39, 0.29) is 11.9 Å². The van der Waals surface area contributed by atoms with Crippen molar-refractivity contribution in [1.82, 2.24) is 0 Å². The summed E-state index contributed by atoms with van der Waals surface area (Å²) in [4.78, 5) is 11.9.